The average molecular weight is 525 g/mol. The maximum Gasteiger partial charge on any atom is 0.268 e. The largest absolute Gasteiger partial charge is 0.493 e. The van der Waals surface area contributed by atoms with Crippen LogP contribution in [0.4, 0.5) is 0 Å². The van der Waals surface area contributed by atoms with Crippen molar-refractivity contribution >= 4 is 40.8 Å². The lowest BCUT2D eigenvalue weighted by Crippen LogP contribution is -2.34. The number of methoxy groups -OCH3 is 2. The summed E-state index contributed by atoms with van der Waals surface area (Å²) in [5, 5.41) is 11.8. The van der Waals surface area contributed by atoms with E-state index in [0.717, 1.165) is 10.4 Å². The van der Waals surface area contributed by atoms with Crippen LogP contribution in [0.5, 0.6) is 11.5 Å². The van der Waals surface area contributed by atoms with Crippen molar-refractivity contribution in [3.63, 3.8) is 0 Å². The standard InChI is InChI=1S/C25H21ClN4O5S/c1-33-20-10-7-16(12-21(20)34-2)24(31)28-19(13-18-4-3-11-36-18)25(32)27-14-22-29-23(30-35-22)15-5-8-17(26)9-6-15/h3-13H,14H2,1-2H3,(H,27,32)(H,28,31)/b19-13-. The van der Waals surface area contributed by atoms with Crippen molar-refractivity contribution in [3.05, 3.63) is 87.0 Å². The number of hydrogen-bond donors (Lipinski definition) is 2. The number of ether oxygens (including phenoxy) is 2. The van der Waals surface area contributed by atoms with Crippen molar-refractivity contribution in [2.75, 3.05) is 14.2 Å². The third-order valence-corrected chi connectivity index (χ3v) is 6.01. The molecule has 0 spiro atoms. The Labute approximate surface area is 215 Å². The molecule has 2 amide bonds. The van der Waals surface area contributed by atoms with E-state index in [2.05, 4.69) is 20.8 Å². The van der Waals surface area contributed by atoms with Gasteiger partial charge in [-0.1, -0.05) is 22.8 Å². The van der Waals surface area contributed by atoms with Crippen molar-refractivity contribution in [2.24, 2.45) is 0 Å². The number of amides is 2. The minimum Gasteiger partial charge on any atom is -0.493 e. The Balaban J connectivity index is 1.48. The highest BCUT2D eigenvalue weighted by atomic mass is 35.5. The van der Waals surface area contributed by atoms with Gasteiger partial charge in [-0.15, -0.1) is 11.3 Å². The molecular formula is C25H21ClN4O5S. The van der Waals surface area contributed by atoms with Crippen LogP contribution < -0.4 is 20.1 Å². The third kappa shape index (κ3) is 6.09. The van der Waals surface area contributed by atoms with Gasteiger partial charge in [0.1, 0.15) is 5.70 Å². The molecule has 2 N–H and O–H groups in total. The van der Waals surface area contributed by atoms with E-state index in [1.165, 1.54) is 31.6 Å². The molecule has 0 fully saturated rings. The lowest BCUT2D eigenvalue weighted by Gasteiger charge is -2.12. The van der Waals surface area contributed by atoms with E-state index >= 15 is 0 Å². The predicted octanol–water partition coefficient (Wildman–Crippen LogP) is 4.56. The number of carbonyl (C=O) groups excluding carboxylic acids is 2. The molecule has 9 nitrogen and oxygen atoms in total. The summed E-state index contributed by atoms with van der Waals surface area (Å²) in [5.74, 6) is 0.437. The molecule has 0 unspecified atom stereocenters. The van der Waals surface area contributed by atoms with Gasteiger partial charge >= 0.3 is 0 Å². The molecule has 36 heavy (non-hydrogen) atoms. The van der Waals surface area contributed by atoms with Crippen LogP contribution >= 0.6 is 22.9 Å². The number of rotatable bonds is 9. The van der Waals surface area contributed by atoms with Gasteiger partial charge in [0.15, 0.2) is 11.5 Å². The van der Waals surface area contributed by atoms with Crippen LogP contribution in [-0.2, 0) is 11.3 Å². The van der Waals surface area contributed by atoms with Crippen LogP contribution in [-0.4, -0.2) is 36.2 Å². The first-order chi connectivity index (χ1) is 17.5. The molecular weight excluding hydrogens is 504 g/mol. The topological polar surface area (TPSA) is 116 Å². The minimum atomic E-state index is -0.525. The fraction of sp³-hybridized carbons (Fsp3) is 0.120. The monoisotopic (exact) mass is 524 g/mol. The second kappa shape index (κ2) is 11.5. The van der Waals surface area contributed by atoms with Crippen LogP contribution in [0.15, 0.2) is 70.2 Å². The summed E-state index contributed by atoms with van der Waals surface area (Å²) in [6, 6.07) is 15.4. The van der Waals surface area contributed by atoms with Crippen molar-refractivity contribution in [1.82, 2.24) is 20.8 Å². The van der Waals surface area contributed by atoms with Gasteiger partial charge in [0, 0.05) is 21.0 Å². The fourth-order valence-corrected chi connectivity index (χ4v) is 3.92. The van der Waals surface area contributed by atoms with E-state index in [1.807, 2.05) is 17.5 Å². The Morgan fingerprint density at radius 3 is 2.56 bits per heavy atom. The zero-order valence-electron chi connectivity index (χ0n) is 19.3. The average Bonchev–Trinajstić information content (AvgIpc) is 3.59. The highest BCUT2D eigenvalue weighted by Crippen LogP contribution is 2.27. The van der Waals surface area contributed by atoms with Gasteiger partial charge in [-0.05, 0) is 60.0 Å². The highest BCUT2D eigenvalue weighted by Gasteiger charge is 2.18. The lowest BCUT2D eigenvalue weighted by molar-refractivity contribution is -0.118. The van der Waals surface area contributed by atoms with Gasteiger partial charge in [-0.2, -0.15) is 4.98 Å². The summed E-state index contributed by atoms with van der Waals surface area (Å²) in [5.41, 5.74) is 1.07. The molecule has 0 bridgehead atoms. The summed E-state index contributed by atoms with van der Waals surface area (Å²) in [4.78, 5) is 31.0. The molecule has 0 saturated heterocycles. The van der Waals surface area contributed by atoms with E-state index in [0.29, 0.717) is 27.9 Å². The van der Waals surface area contributed by atoms with Crippen molar-refractivity contribution in [3.8, 4) is 22.9 Å². The number of thiophene rings is 1. The molecule has 0 aliphatic heterocycles. The van der Waals surface area contributed by atoms with Gasteiger partial charge in [-0.25, -0.2) is 0 Å². The molecule has 0 aliphatic carbocycles. The van der Waals surface area contributed by atoms with Gasteiger partial charge in [0.2, 0.25) is 11.7 Å². The molecule has 4 aromatic rings. The quantitative estimate of drug-likeness (QED) is 0.308. The summed E-state index contributed by atoms with van der Waals surface area (Å²) in [7, 11) is 2.98. The maximum absolute atomic E-state index is 13.0. The zero-order chi connectivity index (χ0) is 25.5. The summed E-state index contributed by atoms with van der Waals surface area (Å²) in [6.45, 7) is -0.0343. The van der Waals surface area contributed by atoms with Gasteiger partial charge < -0.3 is 24.6 Å². The second-order valence-corrected chi connectivity index (χ2v) is 8.71. The van der Waals surface area contributed by atoms with E-state index in [1.54, 1.807) is 42.5 Å². The molecule has 0 saturated carbocycles. The van der Waals surface area contributed by atoms with Crippen LogP contribution in [0.3, 0.4) is 0 Å². The Morgan fingerprint density at radius 1 is 1.08 bits per heavy atom. The normalized spacial score (nSPS) is 11.1. The Hall–Kier alpha value is -4.15. The Kier molecular flexibility index (Phi) is 7.99. The van der Waals surface area contributed by atoms with Gasteiger partial charge in [0.25, 0.3) is 11.8 Å². The van der Waals surface area contributed by atoms with E-state index in [9.17, 15) is 9.59 Å². The number of nitrogens with one attached hydrogen (secondary N) is 2. The molecule has 0 radical (unpaired) electrons. The van der Waals surface area contributed by atoms with Crippen LogP contribution in [0.25, 0.3) is 17.5 Å². The Morgan fingerprint density at radius 2 is 1.86 bits per heavy atom. The summed E-state index contributed by atoms with van der Waals surface area (Å²) < 4.78 is 15.7. The number of carbonyl (C=O) groups is 2. The maximum atomic E-state index is 13.0. The first kappa shape index (κ1) is 25.0. The first-order valence-corrected chi connectivity index (χ1v) is 11.9. The molecule has 2 heterocycles. The summed E-state index contributed by atoms with van der Waals surface area (Å²) in [6.07, 6.45) is 1.59. The molecule has 11 heteroatoms. The van der Waals surface area contributed by atoms with Crippen molar-refractivity contribution in [2.45, 2.75) is 6.54 Å². The lowest BCUT2D eigenvalue weighted by atomic mass is 10.1. The Bertz CT molecular complexity index is 1380. The van der Waals surface area contributed by atoms with E-state index < -0.39 is 11.8 Å². The molecule has 184 valence electrons. The first-order valence-electron chi connectivity index (χ1n) is 10.6. The van der Waals surface area contributed by atoms with Crippen LogP contribution in [0.1, 0.15) is 21.1 Å². The molecule has 4 rings (SSSR count). The van der Waals surface area contributed by atoms with Crippen LogP contribution in [0.2, 0.25) is 5.02 Å². The number of nitrogens with zero attached hydrogens (tertiary/aromatic N) is 2. The zero-order valence-corrected chi connectivity index (χ0v) is 20.9. The number of halogens is 1. The van der Waals surface area contributed by atoms with E-state index in [4.69, 9.17) is 25.6 Å². The molecule has 0 aliphatic rings. The van der Waals surface area contributed by atoms with Crippen molar-refractivity contribution < 1.29 is 23.6 Å². The molecule has 0 atom stereocenters. The molecule has 2 aromatic heterocycles. The highest BCUT2D eigenvalue weighted by molar-refractivity contribution is 7.10. The van der Waals surface area contributed by atoms with Gasteiger partial charge in [-0.3, -0.25) is 9.59 Å². The van der Waals surface area contributed by atoms with Gasteiger partial charge in [0.05, 0.1) is 20.8 Å². The SMILES string of the molecule is COc1ccc(C(=O)N/C(=C\c2cccs2)C(=O)NCc2nc(-c3ccc(Cl)cc3)no2)cc1OC. The third-order valence-electron chi connectivity index (χ3n) is 4.94. The number of hydrogen-bond acceptors (Lipinski definition) is 8. The molecule has 2 aromatic carbocycles. The smallest absolute Gasteiger partial charge is 0.268 e. The number of benzene rings is 2. The number of aromatic nitrogens is 2. The minimum absolute atomic E-state index is 0.0343. The van der Waals surface area contributed by atoms with E-state index in [-0.39, 0.29) is 18.1 Å². The van der Waals surface area contributed by atoms with Crippen molar-refractivity contribution in [1.29, 1.82) is 0 Å². The predicted molar refractivity (Wildman–Crippen MR) is 136 cm³/mol. The summed E-state index contributed by atoms with van der Waals surface area (Å²) >= 11 is 7.34. The van der Waals surface area contributed by atoms with Crippen LogP contribution in [0, 0.1) is 0 Å². The second-order valence-electron chi connectivity index (χ2n) is 7.30. The fourth-order valence-electron chi connectivity index (χ4n) is 3.14.